The zero-order valence-electron chi connectivity index (χ0n) is 7.47. The molecule has 0 fully saturated rings. The third-order valence-corrected chi connectivity index (χ3v) is 2.08. The van der Waals surface area contributed by atoms with Crippen LogP contribution in [0.5, 0.6) is 0 Å². The average molecular weight is 164 g/mol. The van der Waals surface area contributed by atoms with E-state index >= 15 is 0 Å². The van der Waals surface area contributed by atoms with Crippen molar-refractivity contribution in [2.45, 2.75) is 19.8 Å². The van der Waals surface area contributed by atoms with Crippen LogP contribution in [-0.2, 0) is 0 Å². The standard InChI is InChI=1S/C11H13F/c1-4-8(2)11-6-5-10(12)7-9(11)3/h4-8H,1H2,2-3H3. The van der Waals surface area contributed by atoms with Crippen LogP contribution in [0, 0.1) is 12.7 Å². The van der Waals surface area contributed by atoms with Gasteiger partial charge < -0.3 is 0 Å². The lowest BCUT2D eigenvalue weighted by Crippen LogP contribution is -1.93. The fourth-order valence-electron chi connectivity index (χ4n) is 1.28. The van der Waals surface area contributed by atoms with Gasteiger partial charge in [0.1, 0.15) is 5.82 Å². The molecule has 0 radical (unpaired) electrons. The second-order valence-corrected chi connectivity index (χ2v) is 3.03. The normalized spacial score (nSPS) is 12.6. The molecule has 0 heterocycles. The molecule has 1 aromatic rings. The van der Waals surface area contributed by atoms with E-state index < -0.39 is 0 Å². The fraction of sp³-hybridized carbons (Fsp3) is 0.273. The van der Waals surface area contributed by atoms with Gasteiger partial charge >= 0.3 is 0 Å². The van der Waals surface area contributed by atoms with E-state index in [1.54, 1.807) is 6.07 Å². The molecule has 0 N–H and O–H groups in total. The Kier molecular flexibility index (Phi) is 2.64. The molecule has 1 unspecified atom stereocenters. The number of halogens is 1. The van der Waals surface area contributed by atoms with E-state index in [1.807, 2.05) is 26.0 Å². The Morgan fingerprint density at radius 1 is 1.50 bits per heavy atom. The van der Waals surface area contributed by atoms with Crippen LogP contribution in [0.4, 0.5) is 4.39 Å². The second-order valence-electron chi connectivity index (χ2n) is 3.03. The molecular weight excluding hydrogens is 151 g/mol. The summed E-state index contributed by atoms with van der Waals surface area (Å²) in [7, 11) is 0. The van der Waals surface area contributed by atoms with E-state index in [0.717, 1.165) is 11.1 Å². The monoisotopic (exact) mass is 164 g/mol. The van der Waals surface area contributed by atoms with Crippen LogP contribution in [0.2, 0.25) is 0 Å². The van der Waals surface area contributed by atoms with Gasteiger partial charge in [-0.3, -0.25) is 0 Å². The molecule has 0 spiro atoms. The Hall–Kier alpha value is -1.11. The van der Waals surface area contributed by atoms with Gasteiger partial charge in [0.25, 0.3) is 0 Å². The van der Waals surface area contributed by atoms with Crippen molar-refractivity contribution in [3.8, 4) is 0 Å². The lowest BCUT2D eigenvalue weighted by atomic mass is 9.97. The predicted octanol–water partition coefficient (Wildman–Crippen LogP) is 3.42. The molecule has 0 saturated heterocycles. The minimum Gasteiger partial charge on any atom is -0.207 e. The molecule has 1 heteroatoms. The molecule has 1 aromatic carbocycles. The number of benzene rings is 1. The summed E-state index contributed by atoms with van der Waals surface area (Å²) in [5, 5.41) is 0. The Balaban J connectivity index is 3.09. The van der Waals surface area contributed by atoms with Gasteiger partial charge in [0.2, 0.25) is 0 Å². The van der Waals surface area contributed by atoms with Crippen LogP contribution in [0.15, 0.2) is 30.9 Å². The van der Waals surface area contributed by atoms with Crippen LogP contribution in [0.1, 0.15) is 24.0 Å². The van der Waals surface area contributed by atoms with Gasteiger partial charge in [-0.25, -0.2) is 4.39 Å². The molecule has 0 aliphatic rings. The molecule has 0 amide bonds. The van der Waals surface area contributed by atoms with Crippen molar-refractivity contribution in [2.24, 2.45) is 0 Å². The van der Waals surface area contributed by atoms with Crippen LogP contribution in [-0.4, -0.2) is 0 Å². The first kappa shape index (κ1) is 8.98. The molecule has 0 bridgehead atoms. The number of allylic oxidation sites excluding steroid dienone is 1. The van der Waals surface area contributed by atoms with Crippen LogP contribution < -0.4 is 0 Å². The van der Waals surface area contributed by atoms with E-state index in [1.165, 1.54) is 6.07 Å². The van der Waals surface area contributed by atoms with Gasteiger partial charge in [-0.2, -0.15) is 0 Å². The van der Waals surface area contributed by atoms with E-state index in [0.29, 0.717) is 5.92 Å². The Morgan fingerprint density at radius 3 is 2.67 bits per heavy atom. The first-order valence-corrected chi connectivity index (χ1v) is 4.03. The van der Waals surface area contributed by atoms with E-state index in [2.05, 4.69) is 6.58 Å². The highest BCUT2D eigenvalue weighted by Crippen LogP contribution is 2.20. The summed E-state index contributed by atoms with van der Waals surface area (Å²) in [5.74, 6) is 0.123. The van der Waals surface area contributed by atoms with Gasteiger partial charge in [-0.15, -0.1) is 6.58 Å². The zero-order chi connectivity index (χ0) is 9.14. The summed E-state index contributed by atoms with van der Waals surface area (Å²) in [6.45, 7) is 7.67. The van der Waals surface area contributed by atoms with E-state index in [-0.39, 0.29) is 5.82 Å². The molecule has 0 aliphatic heterocycles. The highest BCUT2D eigenvalue weighted by atomic mass is 19.1. The van der Waals surface area contributed by atoms with Gasteiger partial charge in [0, 0.05) is 0 Å². The lowest BCUT2D eigenvalue weighted by molar-refractivity contribution is 0.625. The fourth-order valence-corrected chi connectivity index (χ4v) is 1.28. The summed E-state index contributed by atoms with van der Waals surface area (Å²) in [6.07, 6.45) is 1.86. The highest BCUT2D eigenvalue weighted by Gasteiger charge is 2.04. The summed E-state index contributed by atoms with van der Waals surface area (Å²) in [4.78, 5) is 0. The minimum atomic E-state index is -0.174. The summed E-state index contributed by atoms with van der Waals surface area (Å²) in [5.41, 5.74) is 2.13. The van der Waals surface area contributed by atoms with Crippen molar-refractivity contribution < 1.29 is 4.39 Å². The predicted molar refractivity (Wildman–Crippen MR) is 49.7 cm³/mol. The van der Waals surface area contributed by atoms with Gasteiger partial charge in [0.05, 0.1) is 0 Å². The highest BCUT2D eigenvalue weighted by molar-refractivity contribution is 5.31. The maximum atomic E-state index is 12.7. The molecular formula is C11H13F. The van der Waals surface area contributed by atoms with Crippen molar-refractivity contribution in [2.75, 3.05) is 0 Å². The quantitative estimate of drug-likeness (QED) is 0.587. The summed E-state index contributed by atoms with van der Waals surface area (Å²) < 4.78 is 12.7. The molecule has 0 nitrogen and oxygen atoms in total. The van der Waals surface area contributed by atoms with Gasteiger partial charge in [-0.1, -0.05) is 19.1 Å². The third kappa shape index (κ3) is 1.73. The molecule has 64 valence electrons. The molecule has 12 heavy (non-hydrogen) atoms. The number of hydrogen-bond acceptors (Lipinski definition) is 0. The SMILES string of the molecule is C=CC(C)c1ccc(F)cc1C. The summed E-state index contributed by atoms with van der Waals surface area (Å²) >= 11 is 0. The van der Waals surface area contributed by atoms with Crippen LogP contribution >= 0.6 is 0 Å². The first-order chi connectivity index (χ1) is 5.65. The second kappa shape index (κ2) is 3.53. The average Bonchev–Trinajstić information content (AvgIpc) is 2.03. The number of hydrogen-bond donors (Lipinski definition) is 0. The number of rotatable bonds is 2. The minimum absolute atomic E-state index is 0.174. The van der Waals surface area contributed by atoms with Crippen molar-refractivity contribution in [1.29, 1.82) is 0 Å². The maximum absolute atomic E-state index is 12.7. The van der Waals surface area contributed by atoms with Gasteiger partial charge in [0.15, 0.2) is 0 Å². The topological polar surface area (TPSA) is 0 Å². The Morgan fingerprint density at radius 2 is 2.17 bits per heavy atom. The van der Waals surface area contributed by atoms with Crippen molar-refractivity contribution in [3.05, 3.63) is 47.8 Å². The largest absolute Gasteiger partial charge is 0.207 e. The molecule has 0 aromatic heterocycles. The Bertz CT molecular complexity index is 289. The summed E-state index contributed by atoms with van der Waals surface area (Å²) in [6, 6.07) is 4.86. The molecule has 1 rings (SSSR count). The Labute approximate surface area is 72.7 Å². The first-order valence-electron chi connectivity index (χ1n) is 4.03. The molecule has 1 atom stereocenters. The third-order valence-electron chi connectivity index (χ3n) is 2.08. The van der Waals surface area contributed by atoms with Crippen molar-refractivity contribution >= 4 is 0 Å². The number of aryl methyl sites for hydroxylation is 1. The van der Waals surface area contributed by atoms with Crippen LogP contribution in [0.25, 0.3) is 0 Å². The van der Waals surface area contributed by atoms with Crippen molar-refractivity contribution in [1.82, 2.24) is 0 Å². The van der Waals surface area contributed by atoms with Crippen LogP contribution in [0.3, 0.4) is 0 Å². The molecule has 0 aliphatic carbocycles. The zero-order valence-corrected chi connectivity index (χ0v) is 7.47. The molecule has 0 saturated carbocycles. The van der Waals surface area contributed by atoms with Crippen molar-refractivity contribution in [3.63, 3.8) is 0 Å². The maximum Gasteiger partial charge on any atom is 0.123 e. The van der Waals surface area contributed by atoms with E-state index in [9.17, 15) is 4.39 Å². The van der Waals surface area contributed by atoms with E-state index in [4.69, 9.17) is 0 Å². The van der Waals surface area contributed by atoms with Gasteiger partial charge in [-0.05, 0) is 36.1 Å². The smallest absolute Gasteiger partial charge is 0.123 e. The lowest BCUT2D eigenvalue weighted by Gasteiger charge is -2.09.